The number of hydrogen-bond donors (Lipinski definition) is 3. The molecular formula is C14H26N2O3. The molecule has 0 aromatic carbocycles. The van der Waals surface area contributed by atoms with Crippen LogP contribution >= 0.6 is 0 Å². The summed E-state index contributed by atoms with van der Waals surface area (Å²) in [5.74, 6) is -0.423. The molecule has 1 amide bonds. The predicted molar refractivity (Wildman–Crippen MR) is 73.6 cm³/mol. The van der Waals surface area contributed by atoms with Crippen LogP contribution in [0.1, 0.15) is 52.4 Å². The highest BCUT2D eigenvalue weighted by atomic mass is 16.4. The Morgan fingerprint density at radius 3 is 2.42 bits per heavy atom. The molecule has 5 nitrogen and oxygen atoms in total. The number of aliphatic carboxylic acids is 1. The molecule has 0 bridgehead atoms. The molecule has 5 heteroatoms. The smallest absolute Gasteiger partial charge is 0.329 e. The van der Waals surface area contributed by atoms with Crippen molar-refractivity contribution in [1.29, 1.82) is 0 Å². The number of nitrogens with two attached hydrogens (primary N) is 1. The number of carboxylic acids is 1. The van der Waals surface area contributed by atoms with Crippen LogP contribution < -0.4 is 11.1 Å². The van der Waals surface area contributed by atoms with Crippen molar-refractivity contribution in [3.63, 3.8) is 0 Å². The maximum atomic E-state index is 12.0. The lowest BCUT2D eigenvalue weighted by Gasteiger charge is -2.36. The SMILES string of the molecule is CCC(CN)CC(=O)NC1(C(=O)O)CCC(C)CC1. The van der Waals surface area contributed by atoms with E-state index in [0.29, 0.717) is 31.7 Å². The summed E-state index contributed by atoms with van der Waals surface area (Å²) in [5, 5.41) is 12.2. The Balaban J connectivity index is 2.64. The van der Waals surface area contributed by atoms with E-state index in [4.69, 9.17) is 5.73 Å². The summed E-state index contributed by atoms with van der Waals surface area (Å²) in [7, 11) is 0. The van der Waals surface area contributed by atoms with Crippen molar-refractivity contribution in [2.75, 3.05) is 6.54 Å². The van der Waals surface area contributed by atoms with Crippen LogP contribution in [0, 0.1) is 11.8 Å². The van der Waals surface area contributed by atoms with Gasteiger partial charge in [-0.2, -0.15) is 0 Å². The standard InChI is InChI=1S/C14H26N2O3/c1-3-11(9-15)8-12(17)16-14(13(18)19)6-4-10(2)5-7-14/h10-11H,3-9,15H2,1-2H3,(H,16,17)(H,18,19). The zero-order valence-corrected chi connectivity index (χ0v) is 11.9. The summed E-state index contributed by atoms with van der Waals surface area (Å²) in [6, 6.07) is 0. The van der Waals surface area contributed by atoms with E-state index in [-0.39, 0.29) is 11.8 Å². The second-order valence-corrected chi connectivity index (χ2v) is 5.83. The molecule has 0 aliphatic heterocycles. The first kappa shape index (κ1) is 16.0. The molecule has 19 heavy (non-hydrogen) atoms. The summed E-state index contributed by atoms with van der Waals surface area (Å²) in [6.07, 6.45) is 3.89. The second kappa shape index (κ2) is 6.89. The van der Waals surface area contributed by atoms with Gasteiger partial charge in [0.15, 0.2) is 0 Å². The molecule has 0 aromatic heterocycles. The van der Waals surface area contributed by atoms with Gasteiger partial charge in [0.25, 0.3) is 0 Å². The van der Waals surface area contributed by atoms with Crippen LogP contribution in [0.5, 0.6) is 0 Å². The Labute approximate surface area is 114 Å². The number of carbonyl (C=O) groups is 2. The largest absolute Gasteiger partial charge is 0.480 e. The fourth-order valence-electron chi connectivity index (χ4n) is 2.62. The monoisotopic (exact) mass is 270 g/mol. The molecule has 0 aromatic rings. The summed E-state index contributed by atoms with van der Waals surface area (Å²) >= 11 is 0. The summed E-state index contributed by atoms with van der Waals surface area (Å²) < 4.78 is 0. The highest BCUT2D eigenvalue weighted by Gasteiger charge is 2.42. The molecule has 0 radical (unpaired) electrons. The van der Waals surface area contributed by atoms with E-state index in [2.05, 4.69) is 12.2 Å². The molecule has 1 rings (SSSR count). The molecule has 1 unspecified atom stereocenters. The van der Waals surface area contributed by atoms with Crippen LogP contribution in [0.25, 0.3) is 0 Å². The highest BCUT2D eigenvalue weighted by Crippen LogP contribution is 2.32. The van der Waals surface area contributed by atoms with E-state index in [9.17, 15) is 14.7 Å². The molecule has 1 saturated carbocycles. The van der Waals surface area contributed by atoms with Crippen molar-refractivity contribution in [2.24, 2.45) is 17.6 Å². The highest BCUT2D eigenvalue weighted by molar-refractivity contribution is 5.87. The maximum Gasteiger partial charge on any atom is 0.329 e. The van der Waals surface area contributed by atoms with Gasteiger partial charge in [0.2, 0.25) is 5.91 Å². The van der Waals surface area contributed by atoms with Crippen molar-refractivity contribution >= 4 is 11.9 Å². The number of carboxylic acid groups (broad SMARTS) is 1. The second-order valence-electron chi connectivity index (χ2n) is 5.83. The number of hydrogen-bond acceptors (Lipinski definition) is 3. The van der Waals surface area contributed by atoms with E-state index in [1.807, 2.05) is 6.92 Å². The van der Waals surface area contributed by atoms with Gasteiger partial charge in [0.1, 0.15) is 5.54 Å². The number of nitrogens with one attached hydrogen (secondary N) is 1. The lowest BCUT2D eigenvalue weighted by Crippen LogP contribution is -2.56. The van der Waals surface area contributed by atoms with Gasteiger partial charge in [0, 0.05) is 6.42 Å². The number of amides is 1. The van der Waals surface area contributed by atoms with Gasteiger partial charge < -0.3 is 16.2 Å². The Morgan fingerprint density at radius 1 is 1.42 bits per heavy atom. The normalized spacial score (nSPS) is 28.7. The average molecular weight is 270 g/mol. The van der Waals surface area contributed by atoms with E-state index in [0.717, 1.165) is 19.3 Å². The molecular weight excluding hydrogens is 244 g/mol. The van der Waals surface area contributed by atoms with Crippen LogP contribution in [-0.2, 0) is 9.59 Å². The predicted octanol–water partition coefficient (Wildman–Crippen LogP) is 1.51. The molecule has 1 atom stereocenters. The molecule has 110 valence electrons. The summed E-state index contributed by atoms with van der Waals surface area (Å²) in [5.41, 5.74) is 4.52. The van der Waals surface area contributed by atoms with Crippen LogP contribution in [0.3, 0.4) is 0 Å². The van der Waals surface area contributed by atoms with Crippen molar-refractivity contribution in [2.45, 2.75) is 57.9 Å². The minimum absolute atomic E-state index is 0.133. The molecule has 0 heterocycles. The van der Waals surface area contributed by atoms with Gasteiger partial charge in [-0.15, -0.1) is 0 Å². The van der Waals surface area contributed by atoms with Gasteiger partial charge in [-0.1, -0.05) is 20.3 Å². The minimum atomic E-state index is -1.06. The number of rotatable bonds is 6. The first-order valence-corrected chi connectivity index (χ1v) is 7.18. The van der Waals surface area contributed by atoms with Crippen molar-refractivity contribution < 1.29 is 14.7 Å². The lowest BCUT2D eigenvalue weighted by atomic mass is 9.77. The molecule has 1 fully saturated rings. The third-order valence-corrected chi connectivity index (χ3v) is 4.30. The van der Waals surface area contributed by atoms with E-state index in [1.54, 1.807) is 0 Å². The Morgan fingerprint density at radius 2 is 2.00 bits per heavy atom. The summed E-state index contributed by atoms with van der Waals surface area (Å²) in [6.45, 7) is 4.57. The van der Waals surface area contributed by atoms with Gasteiger partial charge >= 0.3 is 5.97 Å². The third kappa shape index (κ3) is 4.20. The topological polar surface area (TPSA) is 92.4 Å². The number of carbonyl (C=O) groups excluding carboxylic acids is 1. The zero-order valence-electron chi connectivity index (χ0n) is 11.9. The fraction of sp³-hybridized carbons (Fsp3) is 0.857. The first-order chi connectivity index (χ1) is 8.93. The van der Waals surface area contributed by atoms with Crippen LogP contribution in [0.2, 0.25) is 0 Å². The Kier molecular flexibility index (Phi) is 5.79. The van der Waals surface area contributed by atoms with Crippen LogP contribution in [0.15, 0.2) is 0 Å². The van der Waals surface area contributed by atoms with Crippen molar-refractivity contribution in [3.05, 3.63) is 0 Å². The lowest BCUT2D eigenvalue weighted by molar-refractivity contribution is -0.149. The van der Waals surface area contributed by atoms with Crippen molar-refractivity contribution in [3.8, 4) is 0 Å². The van der Waals surface area contributed by atoms with Crippen LogP contribution in [0.4, 0.5) is 0 Å². The minimum Gasteiger partial charge on any atom is -0.480 e. The Bertz CT molecular complexity index is 319. The Hall–Kier alpha value is -1.10. The molecule has 1 aliphatic rings. The molecule has 0 spiro atoms. The molecule has 1 aliphatic carbocycles. The zero-order chi connectivity index (χ0) is 14.5. The quantitative estimate of drug-likeness (QED) is 0.682. The summed E-state index contributed by atoms with van der Waals surface area (Å²) in [4.78, 5) is 23.5. The van der Waals surface area contributed by atoms with Gasteiger partial charge in [-0.25, -0.2) is 4.79 Å². The third-order valence-electron chi connectivity index (χ3n) is 4.30. The van der Waals surface area contributed by atoms with E-state index >= 15 is 0 Å². The average Bonchev–Trinajstić information content (AvgIpc) is 2.38. The molecule has 0 saturated heterocycles. The first-order valence-electron chi connectivity index (χ1n) is 7.18. The molecule has 4 N–H and O–H groups in total. The maximum absolute atomic E-state index is 12.0. The fourth-order valence-corrected chi connectivity index (χ4v) is 2.62. The van der Waals surface area contributed by atoms with Gasteiger partial charge in [0.05, 0.1) is 0 Å². The van der Waals surface area contributed by atoms with Gasteiger partial charge in [-0.3, -0.25) is 4.79 Å². The van der Waals surface area contributed by atoms with E-state index in [1.165, 1.54) is 0 Å². The van der Waals surface area contributed by atoms with Crippen molar-refractivity contribution in [1.82, 2.24) is 5.32 Å². The van der Waals surface area contributed by atoms with Crippen LogP contribution in [-0.4, -0.2) is 29.1 Å². The van der Waals surface area contributed by atoms with Gasteiger partial charge in [-0.05, 0) is 44.1 Å². The van der Waals surface area contributed by atoms with E-state index < -0.39 is 11.5 Å².